The molecule has 0 saturated carbocycles. The molecule has 0 aromatic heterocycles. The van der Waals surface area contributed by atoms with Crippen molar-refractivity contribution in [1.82, 2.24) is 0 Å². The first-order valence-corrected chi connectivity index (χ1v) is 27.6. The molecule has 0 spiro atoms. The number of allylic oxidation sites excluding steroid dienone is 28. The lowest BCUT2D eigenvalue weighted by atomic mass is 10.2. The van der Waals surface area contributed by atoms with E-state index in [1.165, 1.54) is 51.4 Å². The summed E-state index contributed by atoms with van der Waals surface area (Å²) in [6, 6.07) is 0. The second kappa shape index (κ2) is 57.3. The molecule has 6 heteroatoms. The van der Waals surface area contributed by atoms with E-state index < -0.39 is 18.0 Å². The first-order valence-electron chi connectivity index (χ1n) is 27.6. The Balaban J connectivity index is 4.71. The normalized spacial score (nSPS) is 13.5. The fraction of sp³-hybridized carbons (Fsp3) is 0.523. The van der Waals surface area contributed by atoms with Crippen LogP contribution in [0.25, 0.3) is 0 Å². The zero-order chi connectivity index (χ0) is 51.4. The molecule has 0 bridgehead atoms. The van der Waals surface area contributed by atoms with Gasteiger partial charge in [-0.15, -0.1) is 0 Å². The van der Waals surface area contributed by atoms with Crippen LogP contribution >= 0.6 is 0 Å². The predicted molar refractivity (Wildman–Crippen MR) is 306 cm³/mol. The molecule has 0 aliphatic rings. The van der Waals surface area contributed by atoms with E-state index in [1.807, 2.05) is 12.2 Å². The zero-order valence-electron chi connectivity index (χ0n) is 44.9. The Morgan fingerprint density at radius 1 is 0.296 bits per heavy atom. The summed E-state index contributed by atoms with van der Waals surface area (Å²) in [5.41, 5.74) is 0. The molecule has 0 N–H and O–H groups in total. The van der Waals surface area contributed by atoms with Crippen LogP contribution in [0.1, 0.15) is 201 Å². The summed E-state index contributed by atoms with van der Waals surface area (Å²) < 4.78 is 16.7. The fourth-order valence-corrected chi connectivity index (χ4v) is 6.57. The Kier molecular flexibility index (Phi) is 53.1. The van der Waals surface area contributed by atoms with Crippen LogP contribution in [0.4, 0.5) is 0 Å². The summed E-state index contributed by atoms with van der Waals surface area (Å²) in [6.45, 7) is 6.28. The SMILES string of the molecule is CC/C=C\C/C=C\C/C=C\C/C=C\C/C=C\C/C=C\CCC(=O)OC[C@H](COC(=O)CCC/C=C\C/C=C\C/C=C\C/C=C\CCCCC)OC(=O)CCC/C=C\C/C=C\C/C=C\C/C=C\CCCCC. The number of carbonyl (C=O) groups is 3. The van der Waals surface area contributed by atoms with Crippen molar-refractivity contribution in [3.63, 3.8) is 0 Å². The molecule has 0 fully saturated rings. The van der Waals surface area contributed by atoms with E-state index in [-0.39, 0.29) is 38.4 Å². The van der Waals surface area contributed by atoms with Gasteiger partial charge in [0.15, 0.2) is 6.10 Å². The Labute approximate surface area is 434 Å². The predicted octanol–water partition coefficient (Wildman–Crippen LogP) is 18.8. The van der Waals surface area contributed by atoms with Crippen LogP contribution in [0.3, 0.4) is 0 Å². The lowest BCUT2D eigenvalue weighted by Gasteiger charge is -2.18. The van der Waals surface area contributed by atoms with E-state index in [0.29, 0.717) is 19.3 Å². The van der Waals surface area contributed by atoms with Crippen molar-refractivity contribution >= 4 is 17.9 Å². The van der Waals surface area contributed by atoms with Gasteiger partial charge in [0.25, 0.3) is 0 Å². The van der Waals surface area contributed by atoms with E-state index in [4.69, 9.17) is 14.2 Å². The van der Waals surface area contributed by atoms with Crippen molar-refractivity contribution in [3.8, 4) is 0 Å². The molecular weight excluding hydrogens is 877 g/mol. The monoisotopic (exact) mass is 975 g/mol. The van der Waals surface area contributed by atoms with Crippen LogP contribution < -0.4 is 0 Å². The third-order valence-electron chi connectivity index (χ3n) is 10.7. The highest BCUT2D eigenvalue weighted by Gasteiger charge is 2.19. The van der Waals surface area contributed by atoms with Gasteiger partial charge in [-0.1, -0.05) is 217 Å². The Hall–Kier alpha value is -5.23. The number of ether oxygens (including phenoxy) is 3. The number of rotatable bonds is 47. The molecule has 0 radical (unpaired) electrons. The number of hydrogen-bond donors (Lipinski definition) is 0. The minimum Gasteiger partial charge on any atom is -0.462 e. The molecule has 6 nitrogen and oxygen atoms in total. The summed E-state index contributed by atoms with van der Waals surface area (Å²) >= 11 is 0. The largest absolute Gasteiger partial charge is 0.462 e. The third kappa shape index (κ3) is 55.6. The van der Waals surface area contributed by atoms with Crippen LogP contribution in [-0.2, 0) is 28.6 Å². The average molecular weight is 975 g/mol. The summed E-state index contributed by atoms with van der Waals surface area (Å²) in [5.74, 6) is -1.17. The number of unbranched alkanes of at least 4 members (excludes halogenated alkanes) is 8. The molecule has 0 unspecified atom stereocenters. The fourth-order valence-electron chi connectivity index (χ4n) is 6.57. The highest BCUT2D eigenvalue weighted by molar-refractivity contribution is 5.71. The molecule has 0 aliphatic heterocycles. The van der Waals surface area contributed by atoms with E-state index in [9.17, 15) is 14.4 Å². The Bertz CT molecular complexity index is 1690. The maximum atomic E-state index is 12.8. The molecule has 0 amide bonds. The van der Waals surface area contributed by atoms with Gasteiger partial charge < -0.3 is 14.2 Å². The number of hydrogen-bond acceptors (Lipinski definition) is 6. The first kappa shape index (κ1) is 65.8. The van der Waals surface area contributed by atoms with Crippen molar-refractivity contribution in [1.29, 1.82) is 0 Å². The molecule has 0 saturated heterocycles. The van der Waals surface area contributed by atoms with Gasteiger partial charge in [-0.2, -0.15) is 0 Å². The lowest BCUT2D eigenvalue weighted by Crippen LogP contribution is -2.30. The van der Waals surface area contributed by atoms with Gasteiger partial charge in [-0.25, -0.2) is 0 Å². The maximum Gasteiger partial charge on any atom is 0.306 e. The standard InChI is InChI=1S/C65H98O6/c1-4-7-10-13-16-19-22-25-28-31-32-35-37-40-43-46-49-52-55-58-64(67)70-61-62(71-65(68)59-56-53-50-47-44-41-38-34-30-27-24-21-18-15-12-9-6-3)60-69-63(66)57-54-51-48-45-42-39-36-33-29-26-23-20-17-14-11-8-5-2/h7,10,16-21,25-30,32,35-36,38-41,43,45,47-50,52,62H,4-6,8-9,11-15,22-24,31,33-34,37,42,44,46,51,53-61H2,1-3H3/b10-7-,19-16-,20-17-,21-18-,28-25-,29-26-,30-27-,35-32-,39-36-,41-38-,43-40-,48-45-,50-47-,52-49-/t62-/m0/s1. The smallest absolute Gasteiger partial charge is 0.306 e. The lowest BCUT2D eigenvalue weighted by molar-refractivity contribution is -0.166. The molecule has 71 heavy (non-hydrogen) atoms. The molecule has 0 aromatic carbocycles. The van der Waals surface area contributed by atoms with Gasteiger partial charge in [0, 0.05) is 19.3 Å². The Morgan fingerprint density at radius 2 is 0.563 bits per heavy atom. The van der Waals surface area contributed by atoms with Crippen LogP contribution in [0.5, 0.6) is 0 Å². The molecular formula is C65H98O6. The van der Waals surface area contributed by atoms with Gasteiger partial charge >= 0.3 is 17.9 Å². The van der Waals surface area contributed by atoms with Gasteiger partial charge in [0.1, 0.15) is 13.2 Å². The second-order valence-electron chi connectivity index (χ2n) is 17.4. The second-order valence-corrected chi connectivity index (χ2v) is 17.4. The van der Waals surface area contributed by atoms with Gasteiger partial charge in [-0.05, 0) is 135 Å². The van der Waals surface area contributed by atoms with Crippen LogP contribution in [-0.4, -0.2) is 37.2 Å². The zero-order valence-corrected chi connectivity index (χ0v) is 44.9. The van der Waals surface area contributed by atoms with Crippen molar-refractivity contribution in [2.45, 2.75) is 207 Å². The third-order valence-corrected chi connectivity index (χ3v) is 10.7. The minimum atomic E-state index is -0.869. The minimum absolute atomic E-state index is 0.160. The maximum absolute atomic E-state index is 12.8. The summed E-state index contributed by atoms with van der Waals surface area (Å²) in [5, 5.41) is 0. The van der Waals surface area contributed by atoms with Crippen LogP contribution in [0, 0.1) is 0 Å². The molecule has 0 aliphatic carbocycles. The van der Waals surface area contributed by atoms with Gasteiger partial charge in [-0.3, -0.25) is 14.4 Å². The number of esters is 3. The van der Waals surface area contributed by atoms with Crippen LogP contribution in [0.15, 0.2) is 170 Å². The highest BCUT2D eigenvalue weighted by Crippen LogP contribution is 2.09. The molecule has 0 heterocycles. The Morgan fingerprint density at radius 3 is 0.887 bits per heavy atom. The summed E-state index contributed by atoms with van der Waals surface area (Å²) in [4.78, 5) is 38.1. The molecule has 0 aromatic rings. The van der Waals surface area contributed by atoms with E-state index in [1.54, 1.807) is 0 Å². The molecule has 0 rings (SSSR count). The highest BCUT2D eigenvalue weighted by atomic mass is 16.6. The van der Waals surface area contributed by atoms with Crippen molar-refractivity contribution in [3.05, 3.63) is 170 Å². The summed E-state index contributed by atoms with van der Waals surface area (Å²) in [7, 11) is 0. The topological polar surface area (TPSA) is 78.9 Å². The van der Waals surface area contributed by atoms with E-state index in [0.717, 1.165) is 89.9 Å². The van der Waals surface area contributed by atoms with E-state index >= 15 is 0 Å². The number of carbonyl (C=O) groups excluding carboxylic acids is 3. The molecule has 1 atom stereocenters. The van der Waals surface area contributed by atoms with Crippen LogP contribution in [0.2, 0.25) is 0 Å². The van der Waals surface area contributed by atoms with Crippen molar-refractivity contribution in [2.24, 2.45) is 0 Å². The van der Waals surface area contributed by atoms with Crippen molar-refractivity contribution in [2.75, 3.05) is 13.2 Å². The van der Waals surface area contributed by atoms with Gasteiger partial charge in [0.05, 0.1) is 0 Å². The van der Waals surface area contributed by atoms with E-state index in [2.05, 4.69) is 179 Å². The molecule has 394 valence electrons. The first-order chi connectivity index (χ1) is 35.0. The average Bonchev–Trinajstić information content (AvgIpc) is 3.37. The van der Waals surface area contributed by atoms with Gasteiger partial charge in [0.2, 0.25) is 0 Å². The van der Waals surface area contributed by atoms with Crippen molar-refractivity contribution < 1.29 is 28.6 Å². The quantitative estimate of drug-likeness (QED) is 0.0262. The summed E-state index contributed by atoms with van der Waals surface area (Å²) in [6.07, 6.45) is 85.0.